The fourth-order valence-corrected chi connectivity index (χ4v) is 5.10. The number of aryl methyl sites for hydroxylation is 1. The van der Waals surface area contributed by atoms with Gasteiger partial charge in [0.2, 0.25) is 0 Å². The Bertz CT molecular complexity index is 461. The number of hydrogen-bond donors (Lipinski definition) is 1. The van der Waals surface area contributed by atoms with Gasteiger partial charge in [0.25, 0.3) is 0 Å². The molecule has 2 aliphatic heterocycles. The van der Waals surface area contributed by atoms with E-state index in [2.05, 4.69) is 9.97 Å². The topological polar surface area (TPSA) is 63.1 Å². The van der Waals surface area contributed by atoms with Gasteiger partial charge in [-0.15, -0.1) is 0 Å². The summed E-state index contributed by atoms with van der Waals surface area (Å²) in [5.74, 6) is 0.506. The largest absolute Gasteiger partial charge is 0.382 e. The third-order valence-corrected chi connectivity index (χ3v) is 5.93. The Morgan fingerprint density at radius 2 is 2.06 bits per heavy atom. The third-order valence-electron chi connectivity index (χ3n) is 3.81. The Morgan fingerprint density at radius 1 is 1.41 bits per heavy atom. The van der Waals surface area contributed by atoms with Gasteiger partial charge in [-0.05, 0) is 38.7 Å². The van der Waals surface area contributed by atoms with Gasteiger partial charge < -0.3 is 5.11 Å². The molecule has 1 aromatic rings. The van der Waals surface area contributed by atoms with Crippen molar-refractivity contribution in [2.45, 2.75) is 48.7 Å². The summed E-state index contributed by atoms with van der Waals surface area (Å²) >= 11 is 0. The lowest BCUT2D eigenvalue weighted by Crippen LogP contribution is -2.41. The summed E-state index contributed by atoms with van der Waals surface area (Å²) in [6, 6.07) is 1.82. The Hall–Kier alpha value is -0.810. The highest BCUT2D eigenvalue weighted by molar-refractivity contribution is 7.86. The van der Waals surface area contributed by atoms with E-state index < -0.39 is 16.4 Å². The minimum atomic E-state index is -0.967. The fraction of sp³-hybridized carbons (Fsp3) is 0.667. The maximum atomic E-state index is 11.9. The van der Waals surface area contributed by atoms with Crippen LogP contribution in [0.25, 0.3) is 0 Å². The van der Waals surface area contributed by atoms with Gasteiger partial charge in [-0.3, -0.25) is 4.21 Å². The van der Waals surface area contributed by atoms with Crippen LogP contribution >= 0.6 is 0 Å². The summed E-state index contributed by atoms with van der Waals surface area (Å²) in [6.45, 7) is 1.89. The van der Waals surface area contributed by atoms with Crippen molar-refractivity contribution in [3.8, 4) is 0 Å². The first kappa shape index (κ1) is 11.3. The molecule has 2 atom stereocenters. The molecule has 2 bridgehead atoms. The van der Waals surface area contributed by atoms with Crippen molar-refractivity contribution in [1.29, 1.82) is 0 Å². The lowest BCUT2D eigenvalue weighted by molar-refractivity contribution is 0.00944. The summed E-state index contributed by atoms with van der Waals surface area (Å²) in [5.41, 5.74) is -0.103. The van der Waals surface area contributed by atoms with Crippen molar-refractivity contribution in [2.24, 2.45) is 0 Å². The van der Waals surface area contributed by atoms with E-state index in [0.717, 1.165) is 18.5 Å². The van der Waals surface area contributed by atoms with E-state index in [1.807, 2.05) is 13.0 Å². The first-order chi connectivity index (χ1) is 8.08. The Morgan fingerprint density at radius 3 is 2.65 bits per heavy atom. The van der Waals surface area contributed by atoms with Crippen molar-refractivity contribution in [3.63, 3.8) is 0 Å². The molecule has 0 spiro atoms. The molecule has 1 aromatic heterocycles. The lowest BCUT2D eigenvalue weighted by Gasteiger charge is -2.34. The van der Waals surface area contributed by atoms with Crippen LogP contribution in [0.1, 0.15) is 37.2 Å². The average Bonchev–Trinajstić information content (AvgIpc) is 2.53. The molecule has 3 heterocycles. The van der Waals surface area contributed by atoms with Crippen molar-refractivity contribution < 1.29 is 9.32 Å². The molecular weight excluding hydrogens is 236 g/mol. The maximum Gasteiger partial charge on any atom is 0.160 e. The molecule has 0 radical (unpaired) electrons. The van der Waals surface area contributed by atoms with Crippen LogP contribution in [0, 0.1) is 6.92 Å². The molecule has 3 rings (SSSR count). The number of hydrogen-bond acceptors (Lipinski definition) is 4. The minimum Gasteiger partial charge on any atom is -0.382 e. The second-order valence-corrected chi connectivity index (χ2v) is 7.10. The first-order valence-electron chi connectivity index (χ1n) is 6.00. The van der Waals surface area contributed by atoms with Gasteiger partial charge in [-0.1, -0.05) is 0 Å². The van der Waals surface area contributed by atoms with Crippen LogP contribution in [-0.4, -0.2) is 29.8 Å². The van der Waals surface area contributed by atoms with Crippen LogP contribution in [0.4, 0.5) is 0 Å². The normalized spacial score (nSPS) is 40.5. The van der Waals surface area contributed by atoms with Gasteiger partial charge in [-0.2, -0.15) is 0 Å². The molecule has 0 amide bonds. The molecule has 92 valence electrons. The Balaban J connectivity index is 1.95. The standard InChI is InChI=1S/C12H16N2O2S/c1-8-4-5-13-11(14-8)12(15)6-9-2-3-10(7-12)17(9)16/h4-5,9-10,15H,2-3,6-7H2,1H3. The summed E-state index contributed by atoms with van der Waals surface area (Å²) in [7, 11) is -0.760. The summed E-state index contributed by atoms with van der Waals surface area (Å²) in [6.07, 6.45) is 4.69. The number of aliphatic hydroxyl groups is 1. The van der Waals surface area contributed by atoms with E-state index in [1.54, 1.807) is 6.20 Å². The van der Waals surface area contributed by atoms with E-state index in [1.165, 1.54) is 0 Å². The van der Waals surface area contributed by atoms with Gasteiger partial charge in [0.1, 0.15) is 5.60 Å². The smallest absolute Gasteiger partial charge is 0.160 e. The zero-order chi connectivity index (χ0) is 12.0. The lowest BCUT2D eigenvalue weighted by atomic mass is 9.92. The Kier molecular flexibility index (Phi) is 2.56. The van der Waals surface area contributed by atoms with Gasteiger partial charge in [0, 0.05) is 33.2 Å². The number of rotatable bonds is 1. The average molecular weight is 252 g/mol. The molecule has 5 heteroatoms. The minimum absolute atomic E-state index is 0.128. The van der Waals surface area contributed by atoms with E-state index in [-0.39, 0.29) is 10.5 Å². The highest BCUT2D eigenvalue weighted by Gasteiger charge is 2.49. The second kappa shape index (κ2) is 3.85. The Labute approximate surface area is 103 Å². The molecule has 4 nitrogen and oxygen atoms in total. The van der Waals surface area contributed by atoms with E-state index in [9.17, 15) is 9.32 Å². The number of fused-ring (bicyclic) bond motifs is 2. The van der Waals surface area contributed by atoms with E-state index in [4.69, 9.17) is 0 Å². The zero-order valence-corrected chi connectivity index (χ0v) is 10.6. The fourth-order valence-electron chi connectivity index (χ4n) is 2.94. The predicted octanol–water partition coefficient (Wildman–Crippen LogP) is 1.05. The molecular formula is C12H16N2O2S. The zero-order valence-electron chi connectivity index (χ0n) is 9.80. The van der Waals surface area contributed by atoms with Crippen LogP contribution in [0.2, 0.25) is 0 Å². The maximum absolute atomic E-state index is 11.9. The van der Waals surface area contributed by atoms with Crippen molar-refractivity contribution >= 4 is 10.8 Å². The van der Waals surface area contributed by atoms with Crippen LogP contribution in [0.5, 0.6) is 0 Å². The number of nitrogens with zero attached hydrogens (tertiary/aromatic N) is 2. The van der Waals surface area contributed by atoms with Crippen LogP contribution in [-0.2, 0) is 16.4 Å². The summed E-state index contributed by atoms with van der Waals surface area (Å²) in [5, 5.41) is 11.0. The molecule has 2 saturated heterocycles. The number of aromatic nitrogens is 2. The molecule has 0 aliphatic carbocycles. The van der Waals surface area contributed by atoms with Gasteiger partial charge >= 0.3 is 0 Å². The first-order valence-corrected chi connectivity index (χ1v) is 7.28. The van der Waals surface area contributed by atoms with Crippen LogP contribution in [0.15, 0.2) is 12.3 Å². The monoisotopic (exact) mass is 252 g/mol. The molecule has 2 aliphatic rings. The molecule has 17 heavy (non-hydrogen) atoms. The van der Waals surface area contributed by atoms with Gasteiger partial charge in [-0.25, -0.2) is 9.97 Å². The molecule has 1 N–H and O–H groups in total. The van der Waals surface area contributed by atoms with Crippen LogP contribution < -0.4 is 0 Å². The van der Waals surface area contributed by atoms with Crippen LogP contribution in [0.3, 0.4) is 0 Å². The van der Waals surface area contributed by atoms with Crippen molar-refractivity contribution in [1.82, 2.24) is 9.97 Å². The van der Waals surface area contributed by atoms with Gasteiger partial charge in [0.15, 0.2) is 5.82 Å². The summed E-state index contributed by atoms with van der Waals surface area (Å²) in [4.78, 5) is 8.53. The molecule has 2 unspecified atom stereocenters. The molecule has 0 aromatic carbocycles. The predicted molar refractivity (Wildman–Crippen MR) is 64.9 cm³/mol. The highest BCUT2D eigenvalue weighted by Crippen LogP contribution is 2.44. The van der Waals surface area contributed by atoms with E-state index in [0.29, 0.717) is 18.7 Å². The SMILES string of the molecule is Cc1ccnc(C2(O)CC3CCC(C2)S3=O)n1. The molecule has 2 fully saturated rings. The van der Waals surface area contributed by atoms with Gasteiger partial charge in [0.05, 0.1) is 0 Å². The summed E-state index contributed by atoms with van der Waals surface area (Å²) < 4.78 is 11.9. The highest BCUT2D eigenvalue weighted by atomic mass is 32.2. The quantitative estimate of drug-likeness (QED) is 0.811. The van der Waals surface area contributed by atoms with E-state index >= 15 is 0 Å². The van der Waals surface area contributed by atoms with Crippen molar-refractivity contribution in [2.75, 3.05) is 0 Å². The third kappa shape index (κ3) is 1.81. The van der Waals surface area contributed by atoms with Crippen molar-refractivity contribution in [3.05, 3.63) is 23.8 Å². The second-order valence-electron chi connectivity index (χ2n) is 5.11. The molecule has 0 saturated carbocycles.